The van der Waals surface area contributed by atoms with Crippen molar-refractivity contribution in [1.29, 1.82) is 0 Å². The summed E-state index contributed by atoms with van der Waals surface area (Å²) in [5.41, 5.74) is 0.105. The summed E-state index contributed by atoms with van der Waals surface area (Å²) in [7, 11) is -4.49. The molecule has 0 radical (unpaired) electrons. The Morgan fingerprint density at radius 2 is 1.27 bits per heavy atom. The van der Waals surface area contributed by atoms with Gasteiger partial charge in [-0.3, -0.25) is 9.59 Å². The number of nitrogens with zero attached hydrogens (tertiary/aromatic N) is 2. The summed E-state index contributed by atoms with van der Waals surface area (Å²) >= 11 is 11.5. The fourth-order valence-corrected chi connectivity index (χ4v) is 3.94. The van der Waals surface area contributed by atoms with Gasteiger partial charge in [-0.2, -0.15) is 4.31 Å². The Bertz CT molecular complexity index is 1000. The van der Waals surface area contributed by atoms with Crippen molar-refractivity contribution in [2.24, 2.45) is 0 Å². The van der Waals surface area contributed by atoms with E-state index in [9.17, 15) is 22.8 Å². The molecule has 1 heterocycles. The minimum atomic E-state index is -4.49. The Kier molecular flexibility index (Phi) is 4.74. The highest BCUT2D eigenvalue weighted by molar-refractivity contribution is 7.90. The van der Waals surface area contributed by atoms with Gasteiger partial charge >= 0.3 is 6.03 Å². The van der Waals surface area contributed by atoms with E-state index < -0.39 is 34.3 Å². The van der Waals surface area contributed by atoms with Crippen LogP contribution in [0.15, 0.2) is 53.4 Å². The van der Waals surface area contributed by atoms with Crippen LogP contribution in [0.5, 0.6) is 0 Å². The number of halogens is 2. The molecule has 0 unspecified atom stereocenters. The van der Waals surface area contributed by atoms with Crippen molar-refractivity contribution in [2.45, 2.75) is 11.3 Å². The number of amides is 4. The highest BCUT2D eigenvalue weighted by atomic mass is 35.5. The maximum absolute atomic E-state index is 12.7. The second-order valence-electron chi connectivity index (χ2n) is 5.28. The van der Waals surface area contributed by atoms with E-state index in [0.717, 1.165) is 0 Å². The van der Waals surface area contributed by atoms with Gasteiger partial charge < -0.3 is 0 Å². The van der Waals surface area contributed by atoms with Crippen molar-refractivity contribution in [3.05, 3.63) is 58.6 Å². The number of imide groups is 2. The van der Waals surface area contributed by atoms with Crippen molar-refractivity contribution in [1.82, 2.24) is 4.31 Å². The molecule has 26 heavy (non-hydrogen) atoms. The summed E-state index contributed by atoms with van der Waals surface area (Å²) in [6.45, 7) is 0. The van der Waals surface area contributed by atoms with Crippen molar-refractivity contribution in [3.63, 3.8) is 0 Å². The molecule has 0 bridgehead atoms. The van der Waals surface area contributed by atoms with Gasteiger partial charge in [-0.05, 0) is 48.5 Å². The molecule has 0 saturated carbocycles. The third kappa shape index (κ3) is 3.18. The molecule has 10 heteroatoms. The molecule has 1 aliphatic rings. The smallest absolute Gasteiger partial charge is 0.273 e. The average Bonchev–Trinajstić information content (AvgIpc) is 2.56. The molecule has 134 valence electrons. The van der Waals surface area contributed by atoms with Gasteiger partial charge in [0.2, 0.25) is 5.91 Å². The number of carbonyl (C=O) groups excluding carboxylic acids is 3. The molecule has 0 aromatic heterocycles. The number of anilines is 1. The Morgan fingerprint density at radius 3 is 1.81 bits per heavy atom. The minimum Gasteiger partial charge on any atom is -0.273 e. The summed E-state index contributed by atoms with van der Waals surface area (Å²) in [5, 5.41) is 0.658. The van der Waals surface area contributed by atoms with Crippen LogP contribution in [0, 0.1) is 0 Å². The zero-order valence-electron chi connectivity index (χ0n) is 12.9. The first-order chi connectivity index (χ1) is 12.2. The fraction of sp³-hybridized carbons (Fsp3) is 0.0625. The van der Waals surface area contributed by atoms with Crippen molar-refractivity contribution in [3.8, 4) is 0 Å². The first-order valence-electron chi connectivity index (χ1n) is 7.18. The van der Waals surface area contributed by atoms with E-state index in [-0.39, 0.29) is 14.9 Å². The molecule has 1 fully saturated rings. The molecule has 4 amide bonds. The molecule has 0 N–H and O–H groups in total. The molecule has 0 spiro atoms. The van der Waals surface area contributed by atoms with Crippen LogP contribution in [0.4, 0.5) is 10.5 Å². The second-order valence-corrected chi connectivity index (χ2v) is 7.94. The first-order valence-corrected chi connectivity index (χ1v) is 9.37. The van der Waals surface area contributed by atoms with E-state index in [4.69, 9.17) is 23.2 Å². The summed E-state index contributed by atoms with van der Waals surface area (Å²) < 4.78 is 25.6. The van der Waals surface area contributed by atoms with Gasteiger partial charge in [0.25, 0.3) is 15.9 Å². The minimum absolute atomic E-state index is 0.0895. The molecular weight excluding hydrogens is 403 g/mol. The van der Waals surface area contributed by atoms with Gasteiger partial charge in [-0.1, -0.05) is 23.2 Å². The number of hydrogen-bond donors (Lipinski definition) is 0. The van der Waals surface area contributed by atoms with Crippen LogP contribution < -0.4 is 4.90 Å². The van der Waals surface area contributed by atoms with Crippen LogP contribution in [0.25, 0.3) is 0 Å². The lowest BCUT2D eigenvalue weighted by Crippen LogP contribution is -2.57. The van der Waals surface area contributed by atoms with E-state index in [1.807, 2.05) is 0 Å². The number of benzene rings is 2. The molecule has 2 aromatic carbocycles. The quantitative estimate of drug-likeness (QED) is 0.722. The van der Waals surface area contributed by atoms with Gasteiger partial charge in [0, 0.05) is 10.0 Å². The van der Waals surface area contributed by atoms with Gasteiger partial charge in [0.15, 0.2) is 0 Å². The zero-order valence-corrected chi connectivity index (χ0v) is 15.3. The van der Waals surface area contributed by atoms with Gasteiger partial charge in [-0.25, -0.2) is 18.1 Å². The number of barbiturate groups is 1. The molecule has 1 saturated heterocycles. The lowest BCUT2D eigenvalue weighted by Gasteiger charge is -2.31. The third-order valence-electron chi connectivity index (χ3n) is 3.58. The van der Waals surface area contributed by atoms with Gasteiger partial charge in [0.1, 0.15) is 6.42 Å². The van der Waals surface area contributed by atoms with Crippen molar-refractivity contribution in [2.75, 3.05) is 4.90 Å². The van der Waals surface area contributed by atoms with Crippen LogP contribution in [0.3, 0.4) is 0 Å². The third-order valence-corrected chi connectivity index (χ3v) is 5.79. The second kappa shape index (κ2) is 6.71. The fourth-order valence-electron chi connectivity index (χ4n) is 2.38. The molecule has 2 aromatic rings. The summed E-state index contributed by atoms with van der Waals surface area (Å²) in [4.78, 5) is 37.4. The highest BCUT2D eigenvalue weighted by Crippen LogP contribution is 2.28. The SMILES string of the molecule is O=C1CC(=O)N(S(=O)(=O)c2ccc(Cl)cc2)C(=O)N1c1ccc(Cl)cc1. The average molecular weight is 413 g/mol. The van der Waals surface area contributed by atoms with Crippen LogP contribution in [0.2, 0.25) is 10.0 Å². The standard InChI is InChI=1S/C16H10Cl2N2O5S/c17-10-1-5-12(6-2-10)19-14(21)9-15(22)20(16(19)23)26(24,25)13-7-3-11(18)4-8-13/h1-8H,9H2. The van der Waals surface area contributed by atoms with E-state index >= 15 is 0 Å². The number of rotatable bonds is 3. The Morgan fingerprint density at radius 1 is 0.769 bits per heavy atom. The lowest BCUT2D eigenvalue weighted by atomic mass is 10.2. The van der Waals surface area contributed by atoms with E-state index in [0.29, 0.717) is 14.9 Å². The normalized spacial score (nSPS) is 15.5. The molecule has 0 aliphatic carbocycles. The summed E-state index contributed by atoms with van der Waals surface area (Å²) in [5.74, 6) is -1.95. The molecule has 3 rings (SSSR count). The first kappa shape index (κ1) is 18.4. The monoisotopic (exact) mass is 412 g/mol. The highest BCUT2D eigenvalue weighted by Gasteiger charge is 2.45. The number of carbonyl (C=O) groups is 3. The van der Waals surface area contributed by atoms with Gasteiger partial charge in [0.05, 0.1) is 10.6 Å². The summed E-state index contributed by atoms with van der Waals surface area (Å²) in [6.07, 6.45) is -0.763. The topological polar surface area (TPSA) is 91.8 Å². The summed E-state index contributed by atoms with van der Waals surface area (Å²) in [6, 6.07) is 9.32. The molecule has 0 atom stereocenters. The molecular formula is C16H10Cl2N2O5S. The van der Waals surface area contributed by atoms with Crippen LogP contribution >= 0.6 is 23.2 Å². The number of sulfonamides is 1. The maximum Gasteiger partial charge on any atom is 0.352 e. The number of urea groups is 1. The van der Waals surface area contributed by atoms with Crippen LogP contribution in [0.1, 0.15) is 6.42 Å². The number of hydrogen-bond acceptors (Lipinski definition) is 5. The molecule has 7 nitrogen and oxygen atoms in total. The van der Waals surface area contributed by atoms with Crippen LogP contribution in [-0.4, -0.2) is 30.6 Å². The van der Waals surface area contributed by atoms with E-state index in [1.54, 1.807) is 0 Å². The van der Waals surface area contributed by atoms with Crippen molar-refractivity contribution >= 4 is 56.8 Å². The molecule has 1 aliphatic heterocycles. The Labute approximate surface area is 158 Å². The van der Waals surface area contributed by atoms with E-state index in [2.05, 4.69) is 0 Å². The predicted octanol–water partition coefficient (Wildman–Crippen LogP) is 3.07. The Hall–Kier alpha value is -2.42. The zero-order chi connectivity index (χ0) is 19.1. The predicted molar refractivity (Wildman–Crippen MR) is 94.4 cm³/mol. The lowest BCUT2D eigenvalue weighted by molar-refractivity contribution is -0.131. The van der Waals surface area contributed by atoms with Crippen molar-refractivity contribution < 1.29 is 22.8 Å². The van der Waals surface area contributed by atoms with Crippen LogP contribution in [-0.2, 0) is 19.6 Å². The largest absolute Gasteiger partial charge is 0.352 e. The van der Waals surface area contributed by atoms with Gasteiger partial charge in [-0.15, -0.1) is 0 Å². The maximum atomic E-state index is 12.7. The Balaban J connectivity index is 2.05. The van der Waals surface area contributed by atoms with E-state index in [1.165, 1.54) is 48.5 Å².